The van der Waals surface area contributed by atoms with Crippen molar-refractivity contribution < 1.29 is 9.59 Å². The zero-order valence-corrected chi connectivity index (χ0v) is 16.6. The lowest BCUT2D eigenvalue weighted by atomic mass is 9.96. The Bertz CT molecular complexity index is 818. The lowest BCUT2D eigenvalue weighted by Crippen LogP contribution is -2.45. The number of aromatic nitrogens is 2. The zero-order chi connectivity index (χ0) is 18.7. The summed E-state index contributed by atoms with van der Waals surface area (Å²) in [5.41, 5.74) is 2.28. The summed E-state index contributed by atoms with van der Waals surface area (Å²) >= 11 is 3.46. The second-order valence-electron chi connectivity index (χ2n) is 6.52. The van der Waals surface area contributed by atoms with Crippen LogP contribution in [0, 0.1) is 12.8 Å². The van der Waals surface area contributed by atoms with Crippen LogP contribution in [0.25, 0.3) is 5.69 Å². The van der Waals surface area contributed by atoms with Gasteiger partial charge in [-0.05, 0) is 44.9 Å². The van der Waals surface area contributed by atoms with Crippen LogP contribution in [0.1, 0.15) is 35.8 Å². The Morgan fingerprint density at radius 3 is 2.92 bits per heavy atom. The van der Waals surface area contributed by atoms with Crippen LogP contribution in [-0.2, 0) is 4.79 Å². The number of halogens is 1. The second kappa shape index (κ2) is 8.03. The van der Waals surface area contributed by atoms with Gasteiger partial charge in [0.05, 0.1) is 29.1 Å². The molecule has 0 bridgehead atoms. The van der Waals surface area contributed by atoms with E-state index in [1.165, 1.54) is 0 Å². The molecule has 1 aromatic carbocycles. The summed E-state index contributed by atoms with van der Waals surface area (Å²) < 4.78 is 2.72. The third kappa shape index (κ3) is 3.82. The summed E-state index contributed by atoms with van der Waals surface area (Å²) in [5, 5.41) is 7.25. The molecule has 1 aliphatic heterocycles. The average molecular weight is 419 g/mol. The van der Waals surface area contributed by atoms with E-state index in [1.807, 2.05) is 38.1 Å². The maximum Gasteiger partial charge on any atom is 0.257 e. The summed E-state index contributed by atoms with van der Waals surface area (Å²) in [4.78, 5) is 26.9. The molecule has 2 aromatic rings. The molecule has 1 atom stereocenters. The van der Waals surface area contributed by atoms with Gasteiger partial charge in [0.25, 0.3) is 5.91 Å². The van der Waals surface area contributed by atoms with Crippen LogP contribution >= 0.6 is 15.9 Å². The number of nitrogens with one attached hydrogen (secondary N) is 1. The van der Waals surface area contributed by atoms with E-state index in [4.69, 9.17) is 0 Å². The van der Waals surface area contributed by atoms with Gasteiger partial charge in [-0.1, -0.05) is 22.0 Å². The molecule has 0 aliphatic carbocycles. The zero-order valence-electron chi connectivity index (χ0n) is 15.0. The van der Waals surface area contributed by atoms with Gasteiger partial charge in [0.2, 0.25) is 5.91 Å². The van der Waals surface area contributed by atoms with Crippen molar-refractivity contribution in [1.29, 1.82) is 0 Å². The molecule has 0 saturated carbocycles. The Balaban J connectivity index is 1.79. The summed E-state index contributed by atoms with van der Waals surface area (Å²) in [6, 6.07) is 7.79. The summed E-state index contributed by atoms with van der Waals surface area (Å²) in [6.07, 6.45) is 3.28. The van der Waals surface area contributed by atoms with E-state index in [1.54, 1.807) is 15.8 Å². The largest absolute Gasteiger partial charge is 0.356 e. The van der Waals surface area contributed by atoms with Crippen molar-refractivity contribution in [2.45, 2.75) is 26.7 Å². The van der Waals surface area contributed by atoms with Crippen molar-refractivity contribution in [3.8, 4) is 5.69 Å². The van der Waals surface area contributed by atoms with Crippen LogP contribution in [-0.4, -0.2) is 46.1 Å². The Labute approximate surface area is 161 Å². The molecule has 6 nitrogen and oxygen atoms in total. The van der Waals surface area contributed by atoms with Gasteiger partial charge in [-0.2, -0.15) is 5.10 Å². The molecular formula is C19H23BrN4O2. The first-order valence-electron chi connectivity index (χ1n) is 8.88. The highest BCUT2D eigenvalue weighted by Gasteiger charge is 2.30. The molecule has 1 aromatic heterocycles. The van der Waals surface area contributed by atoms with Crippen LogP contribution in [0.2, 0.25) is 0 Å². The minimum absolute atomic E-state index is 0.0338. The second-order valence-corrected chi connectivity index (χ2v) is 7.44. The van der Waals surface area contributed by atoms with E-state index in [0.29, 0.717) is 25.2 Å². The highest BCUT2D eigenvalue weighted by atomic mass is 79.9. The number of carbonyl (C=O) groups is 2. The molecule has 1 fully saturated rings. The Kier molecular flexibility index (Phi) is 5.76. The Morgan fingerprint density at radius 2 is 2.19 bits per heavy atom. The first kappa shape index (κ1) is 18.6. The first-order valence-corrected chi connectivity index (χ1v) is 9.68. The van der Waals surface area contributed by atoms with E-state index in [9.17, 15) is 9.59 Å². The minimum Gasteiger partial charge on any atom is -0.356 e. The monoisotopic (exact) mass is 418 g/mol. The van der Waals surface area contributed by atoms with Crippen LogP contribution in [0.4, 0.5) is 0 Å². The van der Waals surface area contributed by atoms with E-state index in [-0.39, 0.29) is 17.7 Å². The first-order chi connectivity index (χ1) is 12.5. The standard InChI is InChI=1S/C19H23BrN4O2/c1-3-21-18(25)14-6-5-9-23(12-14)19(26)17-11-22-24(13(17)2)16-8-4-7-15(20)10-16/h4,7-8,10-11,14H,3,5-6,9,12H2,1-2H3,(H,21,25). The molecule has 2 amide bonds. The Morgan fingerprint density at radius 1 is 1.38 bits per heavy atom. The normalized spacial score (nSPS) is 17.2. The van der Waals surface area contributed by atoms with Gasteiger partial charge in [-0.15, -0.1) is 0 Å². The van der Waals surface area contributed by atoms with Gasteiger partial charge in [-0.25, -0.2) is 4.68 Å². The SMILES string of the molecule is CCNC(=O)C1CCCN(C(=O)c2cnn(-c3cccc(Br)c3)c2C)C1. The molecule has 26 heavy (non-hydrogen) atoms. The minimum atomic E-state index is -0.131. The van der Waals surface area contributed by atoms with Gasteiger partial charge >= 0.3 is 0 Å². The van der Waals surface area contributed by atoms with Crippen molar-refractivity contribution >= 4 is 27.7 Å². The topological polar surface area (TPSA) is 67.2 Å². The van der Waals surface area contributed by atoms with Gasteiger partial charge in [0.1, 0.15) is 0 Å². The van der Waals surface area contributed by atoms with E-state index < -0.39 is 0 Å². The number of hydrogen-bond donors (Lipinski definition) is 1. The summed E-state index contributed by atoms with van der Waals surface area (Å²) in [6.45, 7) is 5.56. The molecule has 0 spiro atoms. The van der Waals surface area contributed by atoms with Gasteiger partial charge < -0.3 is 10.2 Å². The van der Waals surface area contributed by atoms with E-state index in [0.717, 1.165) is 28.7 Å². The maximum absolute atomic E-state index is 13.0. The van der Waals surface area contributed by atoms with Crippen molar-refractivity contribution in [1.82, 2.24) is 20.0 Å². The number of rotatable bonds is 4. The number of amides is 2. The highest BCUT2D eigenvalue weighted by molar-refractivity contribution is 9.10. The van der Waals surface area contributed by atoms with Gasteiger partial charge in [-0.3, -0.25) is 9.59 Å². The molecule has 1 saturated heterocycles. The van der Waals surface area contributed by atoms with Gasteiger partial charge in [0.15, 0.2) is 0 Å². The fraction of sp³-hybridized carbons (Fsp3) is 0.421. The molecule has 1 aliphatic rings. The predicted molar refractivity (Wildman–Crippen MR) is 103 cm³/mol. The predicted octanol–water partition coefficient (Wildman–Crippen LogP) is 2.93. The number of hydrogen-bond acceptors (Lipinski definition) is 3. The molecule has 0 radical (unpaired) electrons. The summed E-state index contributed by atoms with van der Waals surface area (Å²) in [7, 11) is 0. The molecule has 1 unspecified atom stereocenters. The smallest absolute Gasteiger partial charge is 0.257 e. The van der Waals surface area contributed by atoms with Crippen molar-refractivity contribution in [2.75, 3.05) is 19.6 Å². The fourth-order valence-electron chi connectivity index (χ4n) is 3.35. The number of carbonyl (C=O) groups excluding carboxylic acids is 2. The molecule has 2 heterocycles. The van der Waals surface area contributed by atoms with E-state index >= 15 is 0 Å². The Hall–Kier alpha value is -2.15. The molecular weight excluding hydrogens is 396 g/mol. The lowest BCUT2D eigenvalue weighted by molar-refractivity contribution is -0.126. The molecule has 138 valence electrons. The number of likely N-dealkylation sites (tertiary alicyclic amines) is 1. The summed E-state index contributed by atoms with van der Waals surface area (Å²) in [5.74, 6) is -0.155. The van der Waals surface area contributed by atoms with E-state index in [2.05, 4.69) is 26.3 Å². The average Bonchev–Trinajstić information content (AvgIpc) is 3.03. The molecule has 3 rings (SSSR count). The van der Waals surface area contributed by atoms with Crippen molar-refractivity contribution in [2.24, 2.45) is 5.92 Å². The highest BCUT2D eigenvalue weighted by Crippen LogP contribution is 2.22. The van der Waals surface area contributed by atoms with Crippen LogP contribution in [0.5, 0.6) is 0 Å². The maximum atomic E-state index is 13.0. The third-order valence-corrected chi connectivity index (χ3v) is 5.22. The van der Waals surface area contributed by atoms with Crippen molar-refractivity contribution in [3.63, 3.8) is 0 Å². The van der Waals surface area contributed by atoms with Crippen LogP contribution in [0.3, 0.4) is 0 Å². The van der Waals surface area contributed by atoms with Crippen LogP contribution in [0.15, 0.2) is 34.9 Å². The lowest BCUT2D eigenvalue weighted by Gasteiger charge is -2.32. The molecule has 1 N–H and O–H groups in total. The third-order valence-electron chi connectivity index (χ3n) is 4.72. The fourth-order valence-corrected chi connectivity index (χ4v) is 3.74. The quantitative estimate of drug-likeness (QED) is 0.829. The van der Waals surface area contributed by atoms with Gasteiger partial charge in [0, 0.05) is 24.1 Å². The molecule has 7 heteroatoms. The number of nitrogens with zero attached hydrogens (tertiary/aromatic N) is 3. The van der Waals surface area contributed by atoms with Crippen LogP contribution < -0.4 is 5.32 Å². The van der Waals surface area contributed by atoms with Crippen molar-refractivity contribution in [3.05, 3.63) is 46.2 Å². The number of benzene rings is 1. The number of piperidine rings is 1.